The van der Waals surface area contributed by atoms with Crippen molar-refractivity contribution in [3.05, 3.63) is 35.1 Å². The molecule has 0 saturated carbocycles. The van der Waals surface area contributed by atoms with Crippen LogP contribution in [0.4, 0.5) is 19.0 Å². The lowest BCUT2D eigenvalue weighted by molar-refractivity contribution is -0.137. The van der Waals surface area contributed by atoms with Gasteiger partial charge in [-0.25, -0.2) is 9.97 Å². The largest absolute Gasteiger partial charge is 0.421 e. The molecular weight excluding hydrogens is 347 g/mol. The van der Waals surface area contributed by atoms with E-state index in [1.807, 2.05) is 0 Å². The second-order valence-corrected chi connectivity index (χ2v) is 7.76. The first kappa shape index (κ1) is 16.4. The van der Waals surface area contributed by atoms with Crippen LogP contribution in [0.5, 0.6) is 0 Å². The van der Waals surface area contributed by atoms with Gasteiger partial charge in [0.15, 0.2) is 0 Å². The smallest absolute Gasteiger partial charge is 0.356 e. The molecule has 0 aromatic carbocycles. The zero-order chi connectivity index (χ0) is 16.4. The van der Waals surface area contributed by atoms with Crippen LogP contribution in [-0.2, 0) is 22.7 Å². The van der Waals surface area contributed by atoms with E-state index in [4.69, 9.17) is 0 Å². The summed E-state index contributed by atoms with van der Waals surface area (Å²) in [6.45, 7) is 1.10. The van der Waals surface area contributed by atoms with E-state index >= 15 is 0 Å². The summed E-state index contributed by atoms with van der Waals surface area (Å²) in [7, 11) is -1.35. The summed E-state index contributed by atoms with van der Waals surface area (Å²) in [6, 6.07) is 3.51. The van der Waals surface area contributed by atoms with Gasteiger partial charge in [0.1, 0.15) is 17.2 Å². The molecule has 1 fully saturated rings. The van der Waals surface area contributed by atoms with Crippen LogP contribution >= 0.6 is 11.3 Å². The van der Waals surface area contributed by atoms with Crippen molar-refractivity contribution >= 4 is 28.0 Å². The fourth-order valence-corrected chi connectivity index (χ4v) is 4.40. The van der Waals surface area contributed by atoms with Gasteiger partial charge in [0.25, 0.3) is 0 Å². The molecule has 2 aromatic heterocycles. The lowest BCUT2D eigenvalue weighted by Crippen LogP contribution is -2.24. The molecule has 0 amide bonds. The first-order valence-corrected chi connectivity index (χ1v) is 9.25. The monoisotopic (exact) mass is 361 g/mol. The fraction of sp³-hybridized carbons (Fsp3) is 0.429. The van der Waals surface area contributed by atoms with Gasteiger partial charge in [-0.1, -0.05) is 6.07 Å². The van der Waals surface area contributed by atoms with E-state index in [-0.39, 0.29) is 17.4 Å². The fourth-order valence-electron chi connectivity index (χ4n) is 2.43. The third-order valence-corrected chi connectivity index (χ3v) is 6.12. The molecule has 3 heterocycles. The Hall–Kier alpha value is -1.48. The number of hydrogen-bond donors (Lipinski definition) is 0. The molecular formula is C14H14F3N3OS2. The second kappa shape index (κ2) is 6.56. The molecule has 4 nitrogen and oxygen atoms in total. The van der Waals surface area contributed by atoms with Crippen molar-refractivity contribution in [2.24, 2.45) is 0 Å². The van der Waals surface area contributed by atoms with E-state index in [1.54, 1.807) is 22.4 Å². The van der Waals surface area contributed by atoms with Crippen LogP contribution in [0.3, 0.4) is 0 Å². The minimum atomic E-state index is -4.50. The number of anilines is 1. The lowest BCUT2D eigenvalue weighted by atomic mass is 10.2. The van der Waals surface area contributed by atoms with Crippen molar-refractivity contribution < 1.29 is 17.4 Å². The summed E-state index contributed by atoms with van der Waals surface area (Å²) in [5.74, 6) is 0.0919. The van der Waals surface area contributed by atoms with Crippen LogP contribution in [0, 0.1) is 0 Å². The van der Waals surface area contributed by atoms with Crippen LogP contribution in [-0.4, -0.2) is 27.3 Å². The summed E-state index contributed by atoms with van der Waals surface area (Å²) in [6.07, 6.45) is -2.00. The second-order valence-electron chi connectivity index (χ2n) is 5.14. The van der Waals surface area contributed by atoms with Gasteiger partial charge < -0.3 is 4.90 Å². The highest BCUT2D eigenvalue weighted by atomic mass is 32.2. The molecule has 3 rings (SSSR count). The Morgan fingerprint density at radius 3 is 2.65 bits per heavy atom. The van der Waals surface area contributed by atoms with Crippen molar-refractivity contribution in [2.75, 3.05) is 18.0 Å². The van der Waals surface area contributed by atoms with E-state index < -0.39 is 22.5 Å². The van der Waals surface area contributed by atoms with Gasteiger partial charge in [0, 0.05) is 19.3 Å². The molecule has 23 heavy (non-hydrogen) atoms. The number of rotatable bonds is 4. The third kappa shape index (κ3) is 3.72. The number of nitrogens with zero attached hydrogens (tertiary/aromatic N) is 3. The molecule has 0 radical (unpaired) electrons. The molecule has 1 aliphatic rings. The van der Waals surface area contributed by atoms with Crippen LogP contribution < -0.4 is 4.90 Å². The van der Waals surface area contributed by atoms with Crippen molar-refractivity contribution in [2.45, 2.75) is 29.0 Å². The average Bonchev–Trinajstić information content (AvgIpc) is 3.19. The molecule has 1 saturated heterocycles. The average molecular weight is 361 g/mol. The number of halogens is 3. The first-order valence-electron chi connectivity index (χ1n) is 7.05. The topological polar surface area (TPSA) is 46.1 Å². The zero-order valence-electron chi connectivity index (χ0n) is 12.0. The third-order valence-electron chi connectivity index (χ3n) is 3.51. The van der Waals surface area contributed by atoms with Crippen LogP contribution in [0.2, 0.25) is 0 Å². The molecule has 2 aromatic rings. The number of aromatic nitrogens is 2. The van der Waals surface area contributed by atoms with E-state index in [2.05, 4.69) is 9.97 Å². The Kier molecular flexibility index (Phi) is 4.67. The Labute approximate surface area is 137 Å². The zero-order valence-corrected chi connectivity index (χ0v) is 13.7. The summed E-state index contributed by atoms with van der Waals surface area (Å²) in [5.41, 5.74) is -0.829. The summed E-state index contributed by atoms with van der Waals surface area (Å²) in [5, 5.41) is 1.80. The molecule has 0 aliphatic carbocycles. The van der Waals surface area contributed by atoms with E-state index in [1.165, 1.54) is 11.3 Å². The molecule has 1 aliphatic heterocycles. The highest BCUT2D eigenvalue weighted by molar-refractivity contribution is 7.86. The van der Waals surface area contributed by atoms with Crippen molar-refractivity contribution in [3.63, 3.8) is 0 Å². The molecule has 0 bridgehead atoms. The summed E-state index contributed by atoms with van der Waals surface area (Å²) < 4.78 is 52.3. The highest BCUT2D eigenvalue weighted by Crippen LogP contribution is 2.36. The highest BCUT2D eigenvalue weighted by Gasteiger charge is 2.37. The summed E-state index contributed by atoms with van der Waals surface area (Å²) >= 11 is 1.34. The Bertz CT molecular complexity index is 698. The maximum absolute atomic E-state index is 13.2. The number of hydrogen-bond acceptors (Lipinski definition) is 5. The van der Waals surface area contributed by atoms with Crippen LogP contribution in [0.15, 0.2) is 27.9 Å². The number of thiophene rings is 1. The van der Waals surface area contributed by atoms with Gasteiger partial charge in [-0.2, -0.15) is 13.2 Å². The predicted octanol–water partition coefficient (Wildman–Crippen LogP) is 3.46. The first-order chi connectivity index (χ1) is 10.9. The Morgan fingerprint density at radius 2 is 2.04 bits per heavy atom. The van der Waals surface area contributed by atoms with E-state index in [0.717, 1.165) is 19.0 Å². The minimum absolute atomic E-state index is 0.0134. The normalized spacial score (nSPS) is 16.7. The Balaban J connectivity index is 1.90. The lowest BCUT2D eigenvalue weighted by Gasteiger charge is -2.21. The minimum Gasteiger partial charge on any atom is -0.356 e. The molecule has 9 heteroatoms. The SMILES string of the molecule is O=S(Cc1ncc(C(F)(F)F)c(N2CCCC2)n1)c1cccs1. The maximum Gasteiger partial charge on any atom is 0.421 e. The van der Waals surface area contributed by atoms with Crippen LogP contribution in [0.25, 0.3) is 0 Å². The molecule has 124 valence electrons. The van der Waals surface area contributed by atoms with Gasteiger partial charge in [-0.05, 0) is 24.3 Å². The van der Waals surface area contributed by atoms with Crippen molar-refractivity contribution in [3.8, 4) is 0 Å². The Morgan fingerprint density at radius 1 is 1.30 bits per heavy atom. The molecule has 1 atom stereocenters. The van der Waals surface area contributed by atoms with E-state index in [9.17, 15) is 17.4 Å². The van der Waals surface area contributed by atoms with Gasteiger partial charge in [0.2, 0.25) is 0 Å². The van der Waals surface area contributed by atoms with Gasteiger partial charge in [-0.3, -0.25) is 4.21 Å². The summed E-state index contributed by atoms with van der Waals surface area (Å²) in [4.78, 5) is 9.49. The van der Waals surface area contributed by atoms with Crippen molar-refractivity contribution in [1.82, 2.24) is 9.97 Å². The maximum atomic E-state index is 13.2. The standard InChI is InChI=1S/C14H14F3N3OS2/c15-14(16,17)10-8-18-11(9-23(21)12-4-3-7-22-12)19-13(10)20-5-1-2-6-20/h3-4,7-8H,1-2,5-6,9H2. The predicted molar refractivity (Wildman–Crippen MR) is 82.9 cm³/mol. The molecule has 0 N–H and O–H groups in total. The van der Waals surface area contributed by atoms with Gasteiger partial charge in [0.05, 0.1) is 20.8 Å². The van der Waals surface area contributed by atoms with Gasteiger partial charge >= 0.3 is 6.18 Å². The molecule has 0 spiro atoms. The van der Waals surface area contributed by atoms with Crippen molar-refractivity contribution in [1.29, 1.82) is 0 Å². The number of alkyl halides is 3. The quantitative estimate of drug-likeness (QED) is 0.837. The van der Waals surface area contributed by atoms with E-state index in [0.29, 0.717) is 17.3 Å². The molecule has 1 unspecified atom stereocenters. The van der Waals surface area contributed by atoms with Gasteiger partial charge in [-0.15, -0.1) is 11.3 Å². The van der Waals surface area contributed by atoms with Crippen LogP contribution in [0.1, 0.15) is 24.2 Å².